The molecule has 0 aliphatic heterocycles. The summed E-state index contributed by atoms with van der Waals surface area (Å²) >= 11 is 0. The van der Waals surface area contributed by atoms with Gasteiger partial charge in [-0.3, -0.25) is 9.59 Å². The molecule has 4 rings (SSSR count). The zero-order chi connectivity index (χ0) is 21.6. The van der Waals surface area contributed by atoms with Crippen LogP contribution < -0.4 is 10.1 Å². The third kappa shape index (κ3) is 4.78. The van der Waals surface area contributed by atoms with Gasteiger partial charge in [-0.2, -0.15) is 0 Å². The minimum absolute atomic E-state index is 0.168. The van der Waals surface area contributed by atoms with E-state index in [0.29, 0.717) is 17.1 Å². The maximum Gasteiger partial charge on any atom is 0.310 e. The Morgan fingerprint density at radius 1 is 0.903 bits per heavy atom. The van der Waals surface area contributed by atoms with Crippen LogP contribution in [0.15, 0.2) is 84.9 Å². The highest BCUT2D eigenvalue weighted by molar-refractivity contribution is 5.99. The molecule has 1 N–H and O–H groups in total. The first kappa shape index (κ1) is 20.3. The zero-order valence-corrected chi connectivity index (χ0v) is 17.2. The molecule has 0 fully saturated rings. The molecular weight excluding hydrogens is 388 g/mol. The van der Waals surface area contributed by atoms with Gasteiger partial charge >= 0.3 is 5.97 Å². The lowest BCUT2D eigenvalue weighted by Crippen LogP contribution is -2.16. The van der Waals surface area contributed by atoms with E-state index in [0.717, 1.165) is 22.1 Å². The topological polar surface area (TPSA) is 68.3 Å². The molecule has 0 spiro atoms. The number of esters is 1. The summed E-state index contributed by atoms with van der Waals surface area (Å²) in [5, 5.41) is 3.77. The summed E-state index contributed by atoms with van der Waals surface area (Å²) in [6.07, 6.45) is 0.500. The molecule has 0 atom stereocenters. The lowest BCUT2D eigenvalue weighted by molar-refractivity contribution is -0.133. The Morgan fingerprint density at radius 2 is 1.61 bits per heavy atom. The van der Waals surface area contributed by atoms with Crippen LogP contribution in [0.3, 0.4) is 0 Å². The molecule has 1 aromatic heterocycles. The number of aromatic nitrogens is 1. The van der Waals surface area contributed by atoms with Crippen molar-refractivity contribution in [1.82, 2.24) is 4.98 Å². The van der Waals surface area contributed by atoms with Crippen LogP contribution in [-0.4, -0.2) is 16.9 Å². The fourth-order valence-electron chi connectivity index (χ4n) is 3.34. The summed E-state index contributed by atoms with van der Waals surface area (Å²) in [6, 6.07) is 26.7. The SMILES string of the molecule is CCC(=O)Oc1cccc2cc(-c3ccccc3)c(NC(=O)Cc3ccccc3)nc12. The normalized spacial score (nSPS) is 10.6. The number of fused-ring (bicyclic) bond motifs is 1. The van der Waals surface area contributed by atoms with Crippen LogP contribution in [0.2, 0.25) is 0 Å². The minimum Gasteiger partial charge on any atom is -0.424 e. The van der Waals surface area contributed by atoms with Gasteiger partial charge in [0.05, 0.1) is 6.42 Å². The van der Waals surface area contributed by atoms with Crippen molar-refractivity contribution < 1.29 is 14.3 Å². The number of nitrogens with one attached hydrogen (secondary N) is 1. The molecule has 31 heavy (non-hydrogen) atoms. The smallest absolute Gasteiger partial charge is 0.310 e. The van der Waals surface area contributed by atoms with E-state index in [9.17, 15) is 9.59 Å². The number of pyridine rings is 1. The molecule has 4 aromatic rings. The number of carbonyl (C=O) groups excluding carboxylic acids is 2. The van der Waals surface area contributed by atoms with E-state index < -0.39 is 0 Å². The number of para-hydroxylation sites is 1. The lowest BCUT2D eigenvalue weighted by atomic mass is 10.0. The van der Waals surface area contributed by atoms with Gasteiger partial charge in [0.1, 0.15) is 11.3 Å². The number of carbonyl (C=O) groups is 2. The molecule has 0 saturated heterocycles. The van der Waals surface area contributed by atoms with Gasteiger partial charge in [0, 0.05) is 17.4 Å². The van der Waals surface area contributed by atoms with E-state index >= 15 is 0 Å². The van der Waals surface area contributed by atoms with Gasteiger partial charge in [-0.1, -0.05) is 79.7 Å². The average Bonchev–Trinajstić information content (AvgIpc) is 2.80. The van der Waals surface area contributed by atoms with Gasteiger partial charge in [0.25, 0.3) is 0 Å². The number of amides is 1. The van der Waals surface area contributed by atoms with Gasteiger partial charge in [-0.05, 0) is 23.3 Å². The van der Waals surface area contributed by atoms with Crippen molar-refractivity contribution in [3.63, 3.8) is 0 Å². The lowest BCUT2D eigenvalue weighted by Gasteiger charge is -2.14. The number of rotatable bonds is 6. The fraction of sp³-hybridized carbons (Fsp3) is 0.115. The first-order valence-corrected chi connectivity index (χ1v) is 10.2. The number of anilines is 1. The van der Waals surface area contributed by atoms with Gasteiger partial charge < -0.3 is 10.1 Å². The molecule has 0 saturated carbocycles. The van der Waals surface area contributed by atoms with Crippen LogP contribution in [0.4, 0.5) is 5.82 Å². The van der Waals surface area contributed by atoms with Crippen LogP contribution in [0.25, 0.3) is 22.0 Å². The van der Waals surface area contributed by atoms with Crippen LogP contribution in [0, 0.1) is 0 Å². The maximum absolute atomic E-state index is 12.8. The molecule has 1 heterocycles. The molecule has 3 aromatic carbocycles. The van der Waals surface area contributed by atoms with Crippen LogP contribution in [0.1, 0.15) is 18.9 Å². The summed E-state index contributed by atoms with van der Waals surface area (Å²) in [5.41, 5.74) is 3.18. The van der Waals surface area contributed by atoms with E-state index in [1.165, 1.54) is 0 Å². The maximum atomic E-state index is 12.8. The van der Waals surface area contributed by atoms with E-state index in [1.807, 2.05) is 78.9 Å². The quantitative estimate of drug-likeness (QED) is 0.341. The number of nitrogens with zero attached hydrogens (tertiary/aromatic N) is 1. The van der Waals surface area contributed by atoms with E-state index in [-0.39, 0.29) is 24.7 Å². The van der Waals surface area contributed by atoms with Gasteiger partial charge in [-0.25, -0.2) is 4.98 Å². The van der Waals surface area contributed by atoms with Crippen molar-refractivity contribution in [2.45, 2.75) is 19.8 Å². The van der Waals surface area contributed by atoms with Crippen molar-refractivity contribution in [3.05, 3.63) is 90.5 Å². The number of hydrogen-bond donors (Lipinski definition) is 1. The van der Waals surface area contributed by atoms with E-state index in [2.05, 4.69) is 5.32 Å². The Balaban J connectivity index is 1.77. The molecule has 0 aliphatic carbocycles. The van der Waals surface area contributed by atoms with Crippen LogP contribution in [0.5, 0.6) is 5.75 Å². The molecular formula is C26H22N2O3. The fourth-order valence-corrected chi connectivity index (χ4v) is 3.34. The number of ether oxygens (including phenoxy) is 1. The second-order valence-electron chi connectivity index (χ2n) is 7.12. The summed E-state index contributed by atoms with van der Waals surface area (Å²) in [5.74, 6) is 0.302. The third-order valence-electron chi connectivity index (χ3n) is 4.87. The predicted octanol–water partition coefficient (Wildman–Crippen LogP) is 5.40. The third-order valence-corrected chi connectivity index (χ3v) is 4.87. The number of benzene rings is 3. The van der Waals surface area contributed by atoms with E-state index in [4.69, 9.17) is 9.72 Å². The van der Waals surface area contributed by atoms with Crippen molar-refractivity contribution in [2.24, 2.45) is 0 Å². The highest BCUT2D eigenvalue weighted by Gasteiger charge is 2.16. The predicted molar refractivity (Wildman–Crippen MR) is 122 cm³/mol. The Bertz CT molecular complexity index is 1220. The molecule has 1 amide bonds. The van der Waals surface area contributed by atoms with Gasteiger partial charge in [0.15, 0.2) is 5.75 Å². The summed E-state index contributed by atoms with van der Waals surface area (Å²) in [7, 11) is 0. The Kier molecular flexibility index (Phi) is 6.03. The van der Waals surface area contributed by atoms with Gasteiger partial charge in [0.2, 0.25) is 5.91 Å². The Labute approximate surface area is 180 Å². The summed E-state index contributed by atoms with van der Waals surface area (Å²) in [4.78, 5) is 29.3. The van der Waals surface area contributed by atoms with Crippen LogP contribution in [-0.2, 0) is 16.0 Å². The molecule has 0 unspecified atom stereocenters. The van der Waals surface area contributed by atoms with Gasteiger partial charge in [-0.15, -0.1) is 0 Å². The second-order valence-corrected chi connectivity index (χ2v) is 7.12. The monoisotopic (exact) mass is 410 g/mol. The average molecular weight is 410 g/mol. The van der Waals surface area contributed by atoms with Crippen molar-refractivity contribution in [2.75, 3.05) is 5.32 Å². The first-order valence-electron chi connectivity index (χ1n) is 10.2. The molecule has 5 nitrogen and oxygen atoms in total. The molecule has 154 valence electrons. The molecule has 0 bridgehead atoms. The van der Waals surface area contributed by atoms with Crippen LogP contribution >= 0.6 is 0 Å². The highest BCUT2D eigenvalue weighted by Crippen LogP contribution is 2.33. The molecule has 5 heteroatoms. The molecule has 0 aliphatic rings. The second kappa shape index (κ2) is 9.22. The Morgan fingerprint density at radius 3 is 2.32 bits per heavy atom. The van der Waals surface area contributed by atoms with Crippen molar-refractivity contribution in [1.29, 1.82) is 0 Å². The Hall–Kier alpha value is -3.99. The highest BCUT2D eigenvalue weighted by atomic mass is 16.5. The first-order chi connectivity index (χ1) is 15.1. The standard InChI is InChI=1S/C26H22N2O3/c1-2-24(30)31-22-15-9-14-20-17-21(19-12-7-4-8-13-19)26(28-25(20)22)27-23(29)16-18-10-5-3-6-11-18/h3-15,17H,2,16H2,1H3,(H,27,28,29). The molecule has 0 radical (unpaired) electrons. The summed E-state index contributed by atoms with van der Waals surface area (Å²) in [6.45, 7) is 1.74. The zero-order valence-electron chi connectivity index (χ0n) is 17.2. The van der Waals surface area contributed by atoms with E-state index in [1.54, 1.807) is 13.0 Å². The largest absolute Gasteiger partial charge is 0.424 e. The minimum atomic E-state index is -0.337. The summed E-state index contributed by atoms with van der Waals surface area (Å²) < 4.78 is 5.46. The number of hydrogen-bond acceptors (Lipinski definition) is 4. The van der Waals surface area contributed by atoms with Crippen molar-refractivity contribution >= 4 is 28.6 Å². The van der Waals surface area contributed by atoms with Crippen molar-refractivity contribution in [3.8, 4) is 16.9 Å².